The number of carbonyl (C=O) groups is 1. The van der Waals surface area contributed by atoms with Gasteiger partial charge in [-0.1, -0.05) is 12.1 Å². The third-order valence-corrected chi connectivity index (χ3v) is 6.06. The second kappa shape index (κ2) is 6.76. The third kappa shape index (κ3) is 3.61. The van der Waals surface area contributed by atoms with Crippen LogP contribution < -0.4 is 14.4 Å². The molecule has 0 aromatic heterocycles. The van der Waals surface area contributed by atoms with E-state index in [0.29, 0.717) is 35.7 Å². The smallest absolute Gasteiger partial charge is 0.255 e. The monoisotopic (exact) mass is 360 g/mol. The van der Waals surface area contributed by atoms with E-state index in [-0.39, 0.29) is 11.7 Å². The topological polar surface area (TPSA) is 75.7 Å². The molecule has 0 bridgehead atoms. The molecule has 6 nitrogen and oxygen atoms in total. The molecule has 1 aliphatic rings. The van der Waals surface area contributed by atoms with Crippen molar-refractivity contribution in [2.75, 3.05) is 29.0 Å². The SMILES string of the molecule is COc1cccc(C(=O)Nc2cc(N3CCCS3(=O)=O)ccc2C)c1. The molecule has 1 aliphatic heterocycles. The Morgan fingerprint density at radius 2 is 2.00 bits per heavy atom. The van der Waals surface area contributed by atoms with Crippen molar-refractivity contribution in [1.82, 2.24) is 0 Å². The molecule has 1 N–H and O–H groups in total. The molecule has 0 aliphatic carbocycles. The number of ether oxygens (including phenoxy) is 1. The number of carbonyl (C=O) groups excluding carboxylic acids is 1. The lowest BCUT2D eigenvalue weighted by Crippen LogP contribution is -2.25. The molecule has 7 heteroatoms. The molecule has 0 saturated carbocycles. The van der Waals surface area contributed by atoms with Gasteiger partial charge in [0.15, 0.2) is 0 Å². The summed E-state index contributed by atoms with van der Waals surface area (Å²) in [6, 6.07) is 12.1. The molecule has 1 heterocycles. The zero-order valence-corrected chi connectivity index (χ0v) is 15.0. The molecule has 0 atom stereocenters. The highest BCUT2D eigenvalue weighted by atomic mass is 32.2. The van der Waals surface area contributed by atoms with E-state index in [1.165, 1.54) is 4.31 Å². The van der Waals surface area contributed by atoms with Gasteiger partial charge in [-0.25, -0.2) is 8.42 Å². The maximum Gasteiger partial charge on any atom is 0.255 e. The van der Waals surface area contributed by atoms with Crippen LogP contribution in [0.2, 0.25) is 0 Å². The number of hydrogen-bond donors (Lipinski definition) is 1. The summed E-state index contributed by atoms with van der Waals surface area (Å²) in [5.41, 5.74) is 2.49. The van der Waals surface area contributed by atoms with Gasteiger partial charge in [0.1, 0.15) is 5.75 Å². The molecule has 1 fully saturated rings. The number of nitrogens with one attached hydrogen (secondary N) is 1. The Bertz CT molecular complexity index is 909. The molecule has 0 spiro atoms. The van der Waals surface area contributed by atoms with Crippen LogP contribution in [-0.4, -0.2) is 33.7 Å². The average molecular weight is 360 g/mol. The molecule has 1 amide bonds. The fourth-order valence-electron chi connectivity index (χ4n) is 2.79. The summed E-state index contributed by atoms with van der Waals surface area (Å²) < 4.78 is 30.7. The normalized spacial score (nSPS) is 15.8. The number of amides is 1. The van der Waals surface area contributed by atoms with Gasteiger partial charge >= 0.3 is 0 Å². The Morgan fingerprint density at radius 1 is 1.20 bits per heavy atom. The number of nitrogens with zero attached hydrogens (tertiary/aromatic N) is 1. The first-order chi connectivity index (χ1) is 11.9. The van der Waals surface area contributed by atoms with Gasteiger partial charge < -0.3 is 10.1 Å². The average Bonchev–Trinajstić information content (AvgIpc) is 2.96. The number of aryl methyl sites for hydroxylation is 1. The Morgan fingerprint density at radius 3 is 2.68 bits per heavy atom. The van der Waals surface area contributed by atoms with Crippen LogP contribution in [0.4, 0.5) is 11.4 Å². The lowest BCUT2D eigenvalue weighted by Gasteiger charge is -2.19. The van der Waals surface area contributed by atoms with Crippen LogP contribution in [0.15, 0.2) is 42.5 Å². The molecule has 3 rings (SSSR count). The molecule has 132 valence electrons. The number of sulfonamides is 1. The van der Waals surface area contributed by atoms with Gasteiger partial charge in [0.25, 0.3) is 5.91 Å². The van der Waals surface area contributed by atoms with Crippen LogP contribution in [0.5, 0.6) is 5.75 Å². The van der Waals surface area contributed by atoms with E-state index in [9.17, 15) is 13.2 Å². The van der Waals surface area contributed by atoms with Crippen molar-refractivity contribution < 1.29 is 17.9 Å². The van der Waals surface area contributed by atoms with Crippen molar-refractivity contribution in [3.63, 3.8) is 0 Å². The minimum Gasteiger partial charge on any atom is -0.497 e. The van der Waals surface area contributed by atoms with Crippen LogP contribution >= 0.6 is 0 Å². The highest BCUT2D eigenvalue weighted by molar-refractivity contribution is 7.93. The first-order valence-corrected chi connectivity index (χ1v) is 9.58. The minimum atomic E-state index is -3.26. The lowest BCUT2D eigenvalue weighted by atomic mass is 10.1. The number of benzene rings is 2. The van der Waals surface area contributed by atoms with Crippen LogP contribution in [0.1, 0.15) is 22.3 Å². The molecule has 25 heavy (non-hydrogen) atoms. The highest BCUT2D eigenvalue weighted by Gasteiger charge is 2.28. The molecular weight excluding hydrogens is 340 g/mol. The van der Waals surface area contributed by atoms with Gasteiger partial charge in [-0.15, -0.1) is 0 Å². The fraction of sp³-hybridized carbons (Fsp3) is 0.278. The fourth-order valence-corrected chi connectivity index (χ4v) is 4.34. The van der Waals surface area contributed by atoms with Crippen LogP contribution in [0.25, 0.3) is 0 Å². The van der Waals surface area contributed by atoms with Crippen molar-refractivity contribution in [1.29, 1.82) is 0 Å². The summed E-state index contributed by atoms with van der Waals surface area (Å²) in [6.07, 6.45) is 0.613. The predicted molar refractivity (Wildman–Crippen MR) is 97.9 cm³/mol. The van der Waals surface area contributed by atoms with Crippen LogP contribution in [0.3, 0.4) is 0 Å². The predicted octanol–water partition coefficient (Wildman–Crippen LogP) is 2.80. The van der Waals surface area contributed by atoms with E-state index in [2.05, 4.69) is 5.32 Å². The van der Waals surface area contributed by atoms with Gasteiger partial charge in [-0.2, -0.15) is 0 Å². The Labute approximate surface area is 147 Å². The standard InChI is InChI=1S/C18H20N2O4S/c1-13-7-8-15(20-9-4-10-25(20,22)23)12-17(13)19-18(21)14-5-3-6-16(11-14)24-2/h3,5-8,11-12H,4,9-10H2,1-2H3,(H,19,21). The maximum atomic E-state index is 12.5. The minimum absolute atomic E-state index is 0.159. The van der Waals surface area contributed by atoms with Crippen molar-refractivity contribution in [3.8, 4) is 5.75 Å². The van der Waals surface area contributed by atoms with Gasteiger partial charge in [0, 0.05) is 17.8 Å². The summed E-state index contributed by atoms with van der Waals surface area (Å²) in [6.45, 7) is 2.33. The zero-order valence-electron chi connectivity index (χ0n) is 14.2. The highest BCUT2D eigenvalue weighted by Crippen LogP contribution is 2.29. The second-order valence-corrected chi connectivity index (χ2v) is 7.94. The number of rotatable bonds is 4. The molecular formula is C18H20N2O4S. The van der Waals surface area contributed by atoms with E-state index < -0.39 is 10.0 Å². The largest absolute Gasteiger partial charge is 0.497 e. The lowest BCUT2D eigenvalue weighted by molar-refractivity contribution is 0.102. The number of hydrogen-bond acceptors (Lipinski definition) is 4. The number of methoxy groups -OCH3 is 1. The quantitative estimate of drug-likeness (QED) is 0.910. The summed E-state index contributed by atoms with van der Waals surface area (Å²) >= 11 is 0. The van der Waals surface area contributed by atoms with E-state index in [4.69, 9.17) is 4.74 Å². The Kier molecular flexibility index (Phi) is 4.67. The summed E-state index contributed by atoms with van der Waals surface area (Å²) in [7, 11) is -1.71. The molecule has 0 unspecified atom stereocenters. The second-order valence-electron chi connectivity index (χ2n) is 5.93. The van der Waals surface area contributed by atoms with Crippen molar-refractivity contribution in [2.45, 2.75) is 13.3 Å². The van der Waals surface area contributed by atoms with Crippen molar-refractivity contribution >= 4 is 27.3 Å². The molecule has 2 aromatic rings. The van der Waals surface area contributed by atoms with Crippen molar-refractivity contribution in [3.05, 3.63) is 53.6 Å². The van der Waals surface area contributed by atoms with Gasteiger partial charge in [-0.3, -0.25) is 9.10 Å². The van der Waals surface area contributed by atoms with E-state index in [1.807, 2.05) is 13.0 Å². The number of anilines is 2. The van der Waals surface area contributed by atoms with E-state index in [1.54, 1.807) is 43.5 Å². The zero-order chi connectivity index (χ0) is 18.0. The molecule has 0 radical (unpaired) electrons. The van der Waals surface area contributed by atoms with Gasteiger partial charge in [0.05, 0.1) is 18.6 Å². The Hall–Kier alpha value is -2.54. The van der Waals surface area contributed by atoms with Crippen molar-refractivity contribution in [2.24, 2.45) is 0 Å². The van der Waals surface area contributed by atoms with Crippen LogP contribution in [0, 0.1) is 6.92 Å². The maximum absolute atomic E-state index is 12.5. The summed E-state index contributed by atoms with van der Waals surface area (Å²) in [5.74, 6) is 0.483. The molecule has 2 aromatic carbocycles. The van der Waals surface area contributed by atoms with Crippen LogP contribution in [-0.2, 0) is 10.0 Å². The molecule has 1 saturated heterocycles. The summed E-state index contributed by atoms with van der Waals surface area (Å²) in [5, 5.41) is 2.85. The summed E-state index contributed by atoms with van der Waals surface area (Å²) in [4.78, 5) is 12.5. The third-order valence-electron chi connectivity index (χ3n) is 4.19. The first-order valence-electron chi connectivity index (χ1n) is 7.97. The van der Waals surface area contributed by atoms with E-state index >= 15 is 0 Å². The Balaban J connectivity index is 1.87. The van der Waals surface area contributed by atoms with Gasteiger partial charge in [0.2, 0.25) is 10.0 Å². The van der Waals surface area contributed by atoms with E-state index in [0.717, 1.165) is 5.56 Å². The first kappa shape index (κ1) is 17.3. The van der Waals surface area contributed by atoms with Gasteiger partial charge in [-0.05, 0) is 49.2 Å².